The van der Waals surface area contributed by atoms with E-state index in [2.05, 4.69) is 16.6 Å². The third-order valence-corrected chi connectivity index (χ3v) is 7.62. The second-order valence-corrected chi connectivity index (χ2v) is 11.5. The summed E-state index contributed by atoms with van der Waals surface area (Å²) in [5.74, 6) is 0.776. The van der Waals surface area contributed by atoms with Crippen LogP contribution in [0.4, 0.5) is 4.79 Å². The number of fused-ring (bicyclic) bond motifs is 1. The minimum absolute atomic E-state index is 0.188. The van der Waals surface area contributed by atoms with Crippen molar-refractivity contribution in [3.8, 4) is 12.3 Å². The third kappa shape index (κ3) is 7.13. The number of carbonyl (C=O) groups is 4. The molecule has 6 atom stereocenters. The Hall–Kier alpha value is -3.58. The highest BCUT2D eigenvalue weighted by Gasteiger charge is 2.48. The molecule has 0 bridgehead atoms. The van der Waals surface area contributed by atoms with Crippen molar-refractivity contribution in [3.63, 3.8) is 0 Å². The zero-order chi connectivity index (χ0) is 29.6. The van der Waals surface area contributed by atoms with Gasteiger partial charge in [0.25, 0.3) is 0 Å². The first kappa shape index (κ1) is 31.0. The zero-order valence-electron chi connectivity index (χ0n) is 24.1. The van der Waals surface area contributed by atoms with Gasteiger partial charge in [0.15, 0.2) is 0 Å². The molecular weight excluding hydrogens is 512 g/mol. The Morgan fingerprint density at radius 3 is 2.40 bits per heavy atom. The van der Waals surface area contributed by atoms with Crippen molar-refractivity contribution in [2.45, 2.75) is 95.6 Å². The van der Waals surface area contributed by atoms with E-state index in [-0.39, 0.29) is 25.0 Å². The molecule has 3 rings (SSSR count). The second kappa shape index (κ2) is 13.2. The van der Waals surface area contributed by atoms with Crippen LogP contribution in [0.15, 0.2) is 30.3 Å². The van der Waals surface area contributed by atoms with Gasteiger partial charge >= 0.3 is 6.09 Å². The van der Waals surface area contributed by atoms with Crippen LogP contribution in [0.25, 0.3) is 0 Å². The Morgan fingerprint density at radius 1 is 1.18 bits per heavy atom. The summed E-state index contributed by atoms with van der Waals surface area (Å²) in [6.07, 6.45) is 7.54. The number of rotatable bonds is 8. The molecule has 3 N–H and O–H groups in total. The van der Waals surface area contributed by atoms with Crippen molar-refractivity contribution in [2.75, 3.05) is 13.7 Å². The summed E-state index contributed by atoms with van der Waals surface area (Å²) in [5, 5.41) is 15.8. The molecule has 0 spiro atoms. The minimum atomic E-state index is -1.05. The summed E-state index contributed by atoms with van der Waals surface area (Å²) in [5.41, 5.74) is 0.0267. The topological polar surface area (TPSA) is 128 Å². The maximum absolute atomic E-state index is 13.9. The van der Waals surface area contributed by atoms with Gasteiger partial charge in [-0.2, -0.15) is 0 Å². The Balaban J connectivity index is 1.79. The van der Waals surface area contributed by atoms with E-state index < -0.39 is 53.6 Å². The number of hydrogen-bond acceptors (Lipinski definition) is 6. The number of benzene rings is 1. The fourth-order valence-electron chi connectivity index (χ4n) is 5.52. The van der Waals surface area contributed by atoms with E-state index in [0.717, 1.165) is 5.56 Å². The number of carbonyl (C=O) groups excluding carboxylic acids is 4. The molecule has 2 heterocycles. The van der Waals surface area contributed by atoms with E-state index in [1.807, 2.05) is 30.3 Å². The van der Waals surface area contributed by atoms with Crippen molar-refractivity contribution in [3.05, 3.63) is 35.9 Å². The van der Waals surface area contributed by atoms with E-state index in [9.17, 15) is 24.3 Å². The van der Waals surface area contributed by atoms with E-state index in [0.29, 0.717) is 25.7 Å². The first-order valence-electron chi connectivity index (χ1n) is 13.9. The maximum atomic E-state index is 13.9. The van der Waals surface area contributed by atoms with E-state index in [1.165, 1.54) is 11.9 Å². The van der Waals surface area contributed by atoms with Crippen LogP contribution in [0, 0.1) is 18.3 Å². The highest BCUT2D eigenvalue weighted by atomic mass is 16.6. The SMILES string of the molecule is C#C[C@@H](NC(=O)[C@@H]1CC[C@@H]2CC[C@H](CO)[C@H](NC(=O)[C@H](CC)N(C)C(=O)OC(C)(C)C)C(=O)N21)c1ccccc1. The number of amides is 4. The van der Waals surface area contributed by atoms with Crippen LogP contribution in [0.1, 0.15) is 71.4 Å². The summed E-state index contributed by atoms with van der Waals surface area (Å²) in [6.45, 7) is 6.66. The lowest BCUT2D eigenvalue weighted by molar-refractivity contribution is -0.144. The van der Waals surface area contributed by atoms with Gasteiger partial charge in [-0.25, -0.2) is 4.79 Å². The van der Waals surface area contributed by atoms with Crippen LogP contribution in [0.2, 0.25) is 0 Å². The van der Waals surface area contributed by atoms with Gasteiger partial charge in [0, 0.05) is 25.6 Å². The number of aliphatic hydroxyl groups excluding tert-OH is 1. The first-order chi connectivity index (χ1) is 18.9. The molecule has 0 aliphatic carbocycles. The molecular formula is C30H42N4O6. The van der Waals surface area contributed by atoms with Crippen LogP contribution in [0.3, 0.4) is 0 Å². The number of hydrogen-bond donors (Lipinski definition) is 3. The molecule has 218 valence electrons. The molecule has 10 heteroatoms. The lowest BCUT2D eigenvalue weighted by atomic mass is 9.93. The van der Waals surface area contributed by atoms with Gasteiger partial charge in [-0.15, -0.1) is 6.42 Å². The molecule has 2 aliphatic rings. The molecule has 0 aromatic heterocycles. The number of likely N-dealkylation sites (N-methyl/N-ethyl adjacent to an activating group) is 1. The Kier molecular flexibility index (Phi) is 10.2. The second-order valence-electron chi connectivity index (χ2n) is 11.5. The van der Waals surface area contributed by atoms with Crippen LogP contribution in [-0.4, -0.2) is 82.1 Å². The quantitative estimate of drug-likeness (QED) is 0.424. The Labute approximate surface area is 236 Å². The predicted octanol–water partition coefficient (Wildman–Crippen LogP) is 2.37. The zero-order valence-corrected chi connectivity index (χ0v) is 24.1. The highest BCUT2D eigenvalue weighted by Crippen LogP contribution is 2.34. The van der Waals surface area contributed by atoms with Crippen molar-refractivity contribution < 1.29 is 29.0 Å². The third-order valence-electron chi connectivity index (χ3n) is 7.62. The molecule has 0 saturated carbocycles. The first-order valence-corrected chi connectivity index (χ1v) is 13.9. The van der Waals surface area contributed by atoms with Gasteiger partial charge < -0.3 is 25.4 Å². The smallest absolute Gasteiger partial charge is 0.410 e. The van der Waals surface area contributed by atoms with E-state index in [4.69, 9.17) is 11.2 Å². The maximum Gasteiger partial charge on any atom is 0.410 e. The fraction of sp³-hybridized carbons (Fsp3) is 0.600. The fourth-order valence-corrected chi connectivity index (χ4v) is 5.52. The summed E-state index contributed by atoms with van der Waals surface area (Å²) >= 11 is 0. The summed E-state index contributed by atoms with van der Waals surface area (Å²) in [6, 6.07) is 5.66. The number of nitrogens with zero attached hydrogens (tertiary/aromatic N) is 2. The lowest BCUT2D eigenvalue weighted by Gasteiger charge is -2.34. The van der Waals surface area contributed by atoms with Crippen LogP contribution in [-0.2, 0) is 19.1 Å². The van der Waals surface area contributed by atoms with Crippen molar-refractivity contribution in [1.29, 1.82) is 0 Å². The average Bonchev–Trinajstić information content (AvgIpc) is 3.29. The predicted molar refractivity (Wildman–Crippen MR) is 150 cm³/mol. The molecule has 2 saturated heterocycles. The van der Waals surface area contributed by atoms with Gasteiger partial charge in [0.05, 0.1) is 0 Å². The minimum Gasteiger partial charge on any atom is -0.444 e. The number of nitrogens with one attached hydrogen (secondary N) is 2. The van der Waals surface area contributed by atoms with Crippen LogP contribution in [0.5, 0.6) is 0 Å². The van der Waals surface area contributed by atoms with Gasteiger partial charge in [-0.1, -0.05) is 43.2 Å². The van der Waals surface area contributed by atoms with Crippen molar-refractivity contribution >= 4 is 23.8 Å². The molecule has 40 heavy (non-hydrogen) atoms. The Morgan fingerprint density at radius 2 is 1.82 bits per heavy atom. The summed E-state index contributed by atoms with van der Waals surface area (Å²) < 4.78 is 5.41. The molecule has 4 amide bonds. The van der Waals surface area contributed by atoms with Crippen molar-refractivity contribution in [2.24, 2.45) is 5.92 Å². The molecule has 0 radical (unpaired) electrons. The average molecular weight is 555 g/mol. The monoisotopic (exact) mass is 554 g/mol. The van der Waals surface area contributed by atoms with Crippen LogP contribution < -0.4 is 10.6 Å². The molecule has 0 unspecified atom stereocenters. The molecule has 1 aromatic carbocycles. The normalized spacial score (nSPS) is 24.1. The van der Waals surface area contributed by atoms with Gasteiger partial charge in [0.1, 0.15) is 29.8 Å². The molecule has 10 nitrogen and oxygen atoms in total. The number of aliphatic hydroxyl groups is 1. The number of ether oxygens (including phenoxy) is 1. The summed E-state index contributed by atoms with van der Waals surface area (Å²) in [4.78, 5) is 56.2. The molecule has 1 aromatic rings. The van der Waals surface area contributed by atoms with E-state index >= 15 is 0 Å². The van der Waals surface area contributed by atoms with Crippen LogP contribution >= 0.6 is 0 Å². The lowest BCUT2D eigenvalue weighted by Crippen LogP contribution is -2.59. The molecule has 2 fully saturated rings. The standard InChI is InChI=1S/C30H42N4O6/c1-7-22(19-12-10-9-11-13-19)31-27(37)24-17-16-21-15-14-20(18-35)25(28(38)34(21)24)32-26(36)23(8-2)33(6)29(39)40-30(3,4)5/h1,9-13,20-25,35H,8,14-18H2,2-6H3,(H,31,37)(H,32,36)/t20-,21+,22-,23+,24+,25+/m1/s1. The molecule has 2 aliphatic heterocycles. The largest absolute Gasteiger partial charge is 0.444 e. The van der Waals surface area contributed by atoms with Crippen molar-refractivity contribution in [1.82, 2.24) is 20.4 Å². The van der Waals surface area contributed by atoms with Gasteiger partial charge in [-0.3, -0.25) is 19.3 Å². The highest BCUT2D eigenvalue weighted by molar-refractivity contribution is 5.95. The Bertz CT molecular complexity index is 1110. The number of terminal acetylenes is 1. The summed E-state index contributed by atoms with van der Waals surface area (Å²) in [7, 11) is 1.48. The van der Waals surface area contributed by atoms with Gasteiger partial charge in [0.2, 0.25) is 17.7 Å². The van der Waals surface area contributed by atoms with E-state index in [1.54, 1.807) is 32.6 Å². The van der Waals surface area contributed by atoms with Gasteiger partial charge in [-0.05, 0) is 58.4 Å².